The number of nitrogens with zero attached hydrogens (tertiary/aromatic N) is 1. The largest absolute Gasteiger partial charge is 0.502 e. The summed E-state index contributed by atoms with van der Waals surface area (Å²) in [6.45, 7) is 1.34. The highest BCUT2D eigenvalue weighted by Crippen LogP contribution is 2.11. The van der Waals surface area contributed by atoms with E-state index in [4.69, 9.17) is 15.4 Å². The number of hydrogen-bond donors (Lipinski definition) is 3. The van der Waals surface area contributed by atoms with Gasteiger partial charge < -0.3 is 15.4 Å². The number of rotatable bonds is 1. The minimum Gasteiger partial charge on any atom is -0.502 e. The second-order valence-electron chi connectivity index (χ2n) is 2.46. The van der Waals surface area contributed by atoms with Gasteiger partial charge in [0, 0.05) is 6.07 Å². The predicted octanol–water partition coefficient (Wildman–Crippen LogP) is -0.202. The zero-order valence-corrected chi connectivity index (χ0v) is 6.68. The minimum absolute atomic E-state index is 0.0419. The van der Waals surface area contributed by atoms with E-state index in [0.717, 1.165) is 6.07 Å². The molecule has 1 rings (SSSR count). The van der Waals surface area contributed by atoms with Crippen LogP contribution in [-0.2, 0) is 0 Å². The van der Waals surface area contributed by atoms with Crippen LogP contribution in [0.1, 0.15) is 16.2 Å². The Kier molecular flexibility index (Phi) is 1.97. The molecule has 0 fully saturated rings. The van der Waals surface area contributed by atoms with Crippen molar-refractivity contribution in [2.24, 2.45) is 0 Å². The fourth-order valence-electron chi connectivity index (χ4n) is 0.904. The summed E-state index contributed by atoms with van der Waals surface area (Å²) in [7, 11) is 0. The second-order valence-corrected chi connectivity index (χ2v) is 2.46. The van der Waals surface area contributed by atoms with Crippen molar-refractivity contribution in [3.8, 4) is 5.75 Å². The number of carbonyl (C=O) groups is 1. The van der Waals surface area contributed by atoms with Gasteiger partial charge in [-0.25, -0.2) is 4.79 Å². The summed E-state index contributed by atoms with van der Waals surface area (Å²) in [6.07, 6.45) is 0. The van der Waals surface area contributed by atoms with Crippen molar-refractivity contribution in [1.82, 2.24) is 4.73 Å². The SMILES string of the molecule is Cc1cc(=O)c(O)c(C(=O)O)n1O. The van der Waals surface area contributed by atoms with Crippen LogP contribution in [0.25, 0.3) is 0 Å². The van der Waals surface area contributed by atoms with Crippen LogP contribution in [0.15, 0.2) is 10.9 Å². The van der Waals surface area contributed by atoms with Crippen LogP contribution in [0.3, 0.4) is 0 Å². The van der Waals surface area contributed by atoms with Crippen molar-refractivity contribution in [2.75, 3.05) is 0 Å². The van der Waals surface area contributed by atoms with Gasteiger partial charge in [-0.2, -0.15) is 4.73 Å². The van der Waals surface area contributed by atoms with Crippen molar-refractivity contribution >= 4 is 5.97 Å². The molecule has 0 aliphatic heterocycles. The third-order valence-electron chi connectivity index (χ3n) is 1.55. The maximum atomic E-state index is 10.9. The Morgan fingerprint density at radius 1 is 1.54 bits per heavy atom. The third-order valence-corrected chi connectivity index (χ3v) is 1.55. The molecule has 0 amide bonds. The molecular formula is C7H7NO5. The summed E-state index contributed by atoms with van der Waals surface area (Å²) in [4.78, 5) is 21.3. The fourth-order valence-corrected chi connectivity index (χ4v) is 0.904. The van der Waals surface area contributed by atoms with Crippen molar-refractivity contribution in [3.63, 3.8) is 0 Å². The number of aromatic nitrogens is 1. The topological polar surface area (TPSA) is 99.8 Å². The molecule has 6 heteroatoms. The number of aromatic hydroxyl groups is 1. The van der Waals surface area contributed by atoms with Gasteiger partial charge in [0.25, 0.3) is 0 Å². The number of hydrogen-bond acceptors (Lipinski definition) is 4. The zero-order valence-electron chi connectivity index (χ0n) is 6.68. The van der Waals surface area contributed by atoms with E-state index < -0.39 is 22.8 Å². The lowest BCUT2D eigenvalue weighted by Crippen LogP contribution is -2.18. The van der Waals surface area contributed by atoms with E-state index in [0.29, 0.717) is 0 Å². The van der Waals surface area contributed by atoms with Crippen molar-refractivity contribution < 1.29 is 20.2 Å². The van der Waals surface area contributed by atoms with Crippen LogP contribution in [0, 0.1) is 6.92 Å². The molecule has 0 radical (unpaired) electrons. The first-order valence-electron chi connectivity index (χ1n) is 3.33. The molecule has 1 heterocycles. The summed E-state index contributed by atoms with van der Waals surface area (Å²) in [6, 6.07) is 0.932. The lowest BCUT2D eigenvalue weighted by atomic mass is 10.3. The average molecular weight is 185 g/mol. The highest BCUT2D eigenvalue weighted by atomic mass is 16.5. The molecule has 0 saturated heterocycles. The van der Waals surface area contributed by atoms with Gasteiger partial charge in [-0.3, -0.25) is 4.79 Å². The van der Waals surface area contributed by atoms with Crippen molar-refractivity contribution in [3.05, 3.63) is 27.7 Å². The Bertz CT molecular complexity index is 420. The Hall–Kier alpha value is -1.98. The molecule has 0 atom stereocenters. The summed E-state index contributed by atoms with van der Waals surface area (Å²) >= 11 is 0. The summed E-state index contributed by atoms with van der Waals surface area (Å²) in [5.41, 5.74) is -1.62. The van der Waals surface area contributed by atoms with E-state index in [9.17, 15) is 9.59 Å². The molecule has 0 aromatic carbocycles. The van der Waals surface area contributed by atoms with Crippen molar-refractivity contribution in [2.45, 2.75) is 6.92 Å². The number of carboxylic acid groups (broad SMARTS) is 1. The molecule has 0 saturated carbocycles. The Balaban J connectivity index is 3.66. The summed E-state index contributed by atoms with van der Waals surface area (Å²) < 4.78 is 0.249. The first-order chi connectivity index (χ1) is 5.95. The van der Waals surface area contributed by atoms with Gasteiger partial charge >= 0.3 is 5.97 Å². The van der Waals surface area contributed by atoms with Gasteiger partial charge in [0.05, 0.1) is 5.69 Å². The van der Waals surface area contributed by atoms with Crippen LogP contribution in [0.4, 0.5) is 0 Å². The molecule has 1 aromatic heterocycles. The number of carboxylic acids is 1. The highest BCUT2D eigenvalue weighted by Gasteiger charge is 2.18. The zero-order chi connectivity index (χ0) is 10.2. The van der Waals surface area contributed by atoms with Crippen LogP contribution in [0.2, 0.25) is 0 Å². The van der Waals surface area contributed by atoms with E-state index in [1.165, 1.54) is 6.92 Å². The maximum absolute atomic E-state index is 10.9. The Labute approximate surface area is 72.3 Å². The molecule has 1 aromatic rings. The van der Waals surface area contributed by atoms with Crippen LogP contribution in [0.5, 0.6) is 5.75 Å². The van der Waals surface area contributed by atoms with Gasteiger partial charge in [-0.05, 0) is 6.92 Å². The van der Waals surface area contributed by atoms with Gasteiger partial charge in [-0.15, -0.1) is 0 Å². The Morgan fingerprint density at radius 2 is 2.08 bits per heavy atom. The highest BCUT2D eigenvalue weighted by molar-refractivity contribution is 5.88. The first-order valence-corrected chi connectivity index (χ1v) is 3.33. The number of aromatic carboxylic acids is 1. The van der Waals surface area contributed by atoms with Crippen LogP contribution in [-0.4, -0.2) is 26.1 Å². The third kappa shape index (κ3) is 1.33. The smallest absolute Gasteiger partial charge is 0.360 e. The molecule has 6 nitrogen and oxygen atoms in total. The normalized spacial score (nSPS) is 9.92. The van der Waals surface area contributed by atoms with E-state index in [-0.39, 0.29) is 10.4 Å². The lowest BCUT2D eigenvalue weighted by molar-refractivity contribution is 0.0628. The number of aryl methyl sites for hydroxylation is 1. The quantitative estimate of drug-likeness (QED) is 0.526. The second kappa shape index (κ2) is 2.81. The van der Waals surface area contributed by atoms with E-state index in [2.05, 4.69) is 0 Å². The molecule has 13 heavy (non-hydrogen) atoms. The maximum Gasteiger partial charge on any atom is 0.360 e. The Morgan fingerprint density at radius 3 is 2.54 bits per heavy atom. The molecule has 0 unspecified atom stereocenters. The van der Waals surface area contributed by atoms with Crippen molar-refractivity contribution in [1.29, 1.82) is 0 Å². The predicted molar refractivity (Wildman–Crippen MR) is 41.2 cm³/mol. The van der Waals surface area contributed by atoms with Gasteiger partial charge in [0.2, 0.25) is 11.1 Å². The molecular weight excluding hydrogens is 178 g/mol. The first kappa shape index (κ1) is 9.11. The van der Waals surface area contributed by atoms with Crippen LogP contribution < -0.4 is 5.43 Å². The van der Waals surface area contributed by atoms with Gasteiger partial charge in [0.15, 0.2) is 5.75 Å². The summed E-state index contributed by atoms with van der Waals surface area (Å²) in [5.74, 6) is -2.54. The molecule has 3 N–H and O–H groups in total. The van der Waals surface area contributed by atoms with Gasteiger partial charge in [0.1, 0.15) is 0 Å². The standard InChI is InChI=1S/C7H7NO5/c1-3-2-4(9)6(10)5(7(11)12)8(3)13/h2,10,13H,1H3,(H,11,12). The molecule has 0 aliphatic rings. The van der Waals surface area contributed by atoms with E-state index in [1.54, 1.807) is 0 Å². The van der Waals surface area contributed by atoms with E-state index in [1.807, 2.05) is 0 Å². The molecule has 0 bridgehead atoms. The fraction of sp³-hybridized carbons (Fsp3) is 0.143. The van der Waals surface area contributed by atoms with Crippen LogP contribution >= 0.6 is 0 Å². The van der Waals surface area contributed by atoms with E-state index >= 15 is 0 Å². The average Bonchev–Trinajstić information content (AvgIpc) is 2.01. The molecule has 0 spiro atoms. The molecule has 70 valence electrons. The minimum atomic E-state index is -1.57. The number of pyridine rings is 1. The summed E-state index contributed by atoms with van der Waals surface area (Å²) in [5, 5.41) is 26.6. The lowest BCUT2D eigenvalue weighted by Gasteiger charge is -2.06. The van der Waals surface area contributed by atoms with Gasteiger partial charge in [-0.1, -0.05) is 0 Å². The monoisotopic (exact) mass is 185 g/mol. The molecule has 0 aliphatic carbocycles.